The summed E-state index contributed by atoms with van der Waals surface area (Å²) in [6, 6.07) is 22.2. The topological polar surface area (TPSA) is 102 Å². The molecule has 5 aromatic rings. The average Bonchev–Trinajstić information content (AvgIpc) is 3.68. The number of para-hydroxylation sites is 1. The molecule has 0 radical (unpaired) electrons. The van der Waals surface area contributed by atoms with Crippen LogP contribution in [0, 0.1) is 0 Å². The Hall–Kier alpha value is -4.28. The molecule has 220 valence electrons. The van der Waals surface area contributed by atoms with Gasteiger partial charge in [-0.05, 0) is 61.4 Å². The molecule has 9 nitrogen and oxygen atoms in total. The largest absolute Gasteiger partial charge is 0.497 e. The van der Waals surface area contributed by atoms with Gasteiger partial charge < -0.3 is 15.0 Å². The summed E-state index contributed by atoms with van der Waals surface area (Å²) >= 11 is 7.56. The Labute approximate surface area is 258 Å². The molecule has 2 amide bonds. The molecule has 1 fully saturated rings. The zero-order chi connectivity index (χ0) is 29.8. The number of aromatic nitrogens is 4. The number of anilines is 1. The van der Waals surface area contributed by atoms with Gasteiger partial charge in [-0.25, -0.2) is 9.67 Å². The van der Waals surface area contributed by atoms with Crippen molar-refractivity contribution in [2.45, 2.75) is 50.7 Å². The summed E-state index contributed by atoms with van der Waals surface area (Å²) in [5.41, 5.74) is 2.78. The standard InChI is InChI=1S/C32H31ClN6O3S/c1-42-25-15-13-24(14-16-25)34-31(41)32(17-5-2-6-18-32)38(30(40)20-39-28-8-4-3-7-26(28)36-37-39)19-29-35-27(21-43-29)22-9-11-23(33)12-10-22/h3-4,7-16,21H,2,5-6,17-20H2,1H3,(H,34,41). The van der Waals surface area contributed by atoms with E-state index in [4.69, 9.17) is 21.3 Å². The maximum atomic E-state index is 14.3. The molecule has 0 bridgehead atoms. The molecule has 2 heterocycles. The van der Waals surface area contributed by atoms with Crippen LogP contribution in [0.2, 0.25) is 5.02 Å². The van der Waals surface area contributed by atoms with Crippen LogP contribution in [0.25, 0.3) is 22.3 Å². The third-order valence-electron chi connectivity index (χ3n) is 7.96. The molecule has 0 spiro atoms. The van der Waals surface area contributed by atoms with Crippen LogP contribution in [0.5, 0.6) is 5.75 Å². The van der Waals surface area contributed by atoms with E-state index in [1.807, 2.05) is 53.9 Å². The van der Waals surface area contributed by atoms with Gasteiger partial charge in [0.2, 0.25) is 11.8 Å². The number of nitrogens with one attached hydrogen (secondary N) is 1. The van der Waals surface area contributed by atoms with Crippen molar-refractivity contribution in [3.63, 3.8) is 0 Å². The van der Waals surface area contributed by atoms with Crippen LogP contribution in [0.1, 0.15) is 37.1 Å². The van der Waals surface area contributed by atoms with Crippen LogP contribution in [0.3, 0.4) is 0 Å². The van der Waals surface area contributed by atoms with Gasteiger partial charge in [0.25, 0.3) is 0 Å². The van der Waals surface area contributed by atoms with Crippen molar-refractivity contribution in [2.24, 2.45) is 0 Å². The van der Waals surface area contributed by atoms with Crippen molar-refractivity contribution >= 4 is 51.5 Å². The Balaban J connectivity index is 1.35. The first-order chi connectivity index (χ1) is 20.9. The maximum Gasteiger partial charge on any atom is 0.250 e. The van der Waals surface area contributed by atoms with Gasteiger partial charge in [0.05, 0.1) is 24.9 Å². The van der Waals surface area contributed by atoms with E-state index in [1.54, 1.807) is 41.0 Å². The first-order valence-corrected chi connectivity index (χ1v) is 15.5. The molecule has 1 aliphatic rings. The Morgan fingerprint density at radius 3 is 2.51 bits per heavy atom. The number of amides is 2. The molecular formula is C32H31ClN6O3S. The second kappa shape index (κ2) is 12.5. The van der Waals surface area contributed by atoms with Crippen molar-refractivity contribution in [3.8, 4) is 17.0 Å². The van der Waals surface area contributed by atoms with Crippen LogP contribution in [0.15, 0.2) is 78.2 Å². The molecule has 3 aromatic carbocycles. The van der Waals surface area contributed by atoms with Crippen molar-refractivity contribution in [1.29, 1.82) is 0 Å². The molecule has 1 N–H and O–H groups in total. The number of fused-ring (bicyclic) bond motifs is 1. The van der Waals surface area contributed by atoms with Gasteiger partial charge in [0.1, 0.15) is 28.4 Å². The SMILES string of the molecule is COc1ccc(NC(=O)C2(N(Cc3nc(-c4ccc(Cl)cc4)cs3)C(=O)Cn3nnc4ccccc43)CCCCC2)cc1. The summed E-state index contributed by atoms with van der Waals surface area (Å²) in [7, 11) is 1.60. The molecule has 0 saturated heterocycles. The van der Waals surface area contributed by atoms with E-state index in [9.17, 15) is 9.59 Å². The Morgan fingerprint density at radius 2 is 1.77 bits per heavy atom. The normalized spacial score (nSPS) is 14.4. The number of ether oxygens (including phenoxy) is 1. The minimum absolute atomic E-state index is 0.0481. The summed E-state index contributed by atoms with van der Waals surface area (Å²) in [5, 5.41) is 14.9. The molecule has 0 unspecified atom stereocenters. The molecule has 43 heavy (non-hydrogen) atoms. The highest BCUT2D eigenvalue weighted by molar-refractivity contribution is 7.09. The molecule has 6 rings (SSSR count). The van der Waals surface area contributed by atoms with Crippen LogP contribution >= 0.6 is 22.9 Å². The average molecular weight is 615 g/mol. The number of nitrogens with zero attached hydrogens (tertiary/aromatic N) is 5. The number of methoxy groups -OCH3 is 1. The fourth-order valence-corrected chi connectivity index (χ4v) is 6.59. The van der Waals surface area contributed by atoms with Crippen LogP contribution in [-0.2, 0) is 22.7 Å². The summed E-state index contributed by atoms with van der Waals surface area (Å²) in [4.78, 5) is 35.2. The second-order valence-electron chi connectivity index (χ2n) is 10.6. The van der Waals surface area contributed by atoms with Crippen molar-refractivity contribution in [2.75, 3.05) is 12.4 Å². The molecule has 2 aromatic heterocycles. The predicted molar refractivity (Wildman–Crippen MR) is 168 cm³/mol. The van der Waals surface area contributed by atoms with Crippen LogP contribution in [0.4, 0.5) is 5.69 Å². The summed E-state index contributed by atoms with van der Waals surface area (Å²) in [6.07, 6.45) is 3.77. The predicted octanol–water partition coefficient (Wildman–Crippen LogP) is 6.59. The molecule has 11 heteroatoms. The smallest absolute Gasteiger partial charge is 0.250 e. The first-order valence-electron chi connectivity index (χ1n) is 14.2. The highest BCUT2D eigenvalue weighted by Crippen LogP contribution is 2.37. The van der Waals surface area contributed by atoms with Gasteiger partial charge in [-0.1, -0.05) is 60.3 Å². The maximum absolute atomic E-state index is 14.3. The molecule has 1 aliphatic carbocycles. The van der Waals surface area contributed by atoms with E-state index in [-0.39, 0.29) is 24.9 Å². The Kier molecular flexibility index (Phi) is 8.40. The quantitative estimate of drug-likeness (QED) is 0.201. The van der Waals surface area contributed by atoms with Gasteiger partial charge in [-0.15, -0.1) is 16.4 Å². The van der Waals surface area contributed by atoms with Crippen molar-refractivity contribution in [1.82, 2.24) is 24.9 Å². The van der Waals surface area contributed by atoms with Crippen molar-refractivity contribution < 1.29 is 14.3 Å². The van der Waals surface area contributed by atoms with E-state index in [2.05, 4.69) is 15.6 Å². The third kappa shape index (κ3) is 6.11. The monoisotopic (exact) mass is 614 g/mol. The first kappa shape index (κ1) is 28.8. The number of hydrogen-bond donors (Lipinski definition) is 1. The Morgan fingerprint density at radius 1 is 1.02 bits per heavy atom. The minimum atomic E-state index is -1.06. The number of halogens is 1. The zero-order valence-electron chi connectivity index (χ0n) is 23.7. The number of benzene rings is 3. The van der Waals surface area contributed by atoms with Gasteiger partial charge in [-0.2, -0.15) is 0 Å². The molecule has 0 aliphatic heterocycles. The van der Waals surface area contributed by atoms with Crippen LogP contribution < -0.4 is 10.1 Å². The fourth-order valence-electron chi connectivity index (χ4n) is 5.68. The number of hydrogen-bond acceptors (Lipinski definition) is 7. The van der Waals surface area contributed by atoms with Crippen molar-refractivity contribution in [3.05, 3.63) is 88.2 Å². The summed E-state index contributed by atoms with van der Waals surface area (Å²) in [5.74, 6) is 0.275. The van der Waals surface area contributed by atoms with E-state index < -0.39 is 5.54 Å². The van der Waals surface area contributed by atoms with Gasteiger partial charge in [0, 0.05) is 21.7 Å². The van der Waals surface area contributed by atoms with E-state index in [0.29, 0.717) is 34.8 Å². The number of carbonyl (C=O) groups excluding carboxylic acids is 2. The highest BCUT2D eigenvalue weighted by Gasteiger charge is 2.47. The fraction of sp³-hybridized carbons (Fsp3) is 0.281. The lowest BCUT2D eigenvalue weighted by atomic mass is 9.79. The van der Waals surface area contributed by atoms with Crippen LogP contribution in [-0.4, -0.2) is 49.3 Å². The van der Waals surface area contributed by atoms with Gasteiger partial charge in [0.15, 0.2) is 0 Å². The van der Waals surface area contributed by atoms with E-state index in [0.717, 1.165) is 41.0 Å². The second-order valence-corrected chi connectivity index (χ2v) is 12.0. The lowest BCUT2D eigenvalue weighted by Crippen LogP contribution is -2.60. The zero-order valence-corrected chi connectivity index (χ0v) is 25.3. The lowest BCUT2D eigenvalue weighted by molar-refractivity contribution is -0.149. The van der Waals surface area contributed by atoms with Gasteiger partial charge >= 0.3 is 0 Å². The van der Waals surface area contributed by atoms with Gasteiger partial charge in [-0.3, -0.25) is 9.59 Å². The number of thiazole rings is 1. The molecular weight excluding hydrogens is 584 g/mol. The minimum Gasteiger partial charge on any atom is -0.497 e. The summed E-state index contributed by atoms with van der Waals surface area (Å²) < 4.78 is 6.88. The molecule has 0 atom stereocenters. The number of carbonyl (C=O) groups is 2. The Bertz CT molecular complexity index is 1730. The molecule has 1 saturated carbocycles. The third-order valence-corrected chi connectivity index (χ3v) is 9.04. The summed E-state index contributed by atoms with van der Waals surface area (Å²) in [6.45, 7) is 0.146. The van der Waals surface area contributed by atoms with E-state index >= 15 is 0 Å². The lowest BCUT2D eigenvalue weighted by Gasteiger charge is -2.44. The highest BCUT2D eigenvalue weighted by atomic mass is 35.5. The van der Waals surface area contributed by atoms with E-state index in [1.165, 1.54) is 11.3 Å². The number of rotatable bonds is 9.